The van der Waals surface area contributed by atoms with Gasteiger partial charge in [-0.3, -0.25) is 19.8 Å². The van der Waals surface area contributed by atoms with Gasteiger partial charge in [0.1, 0.15) is 6.34 Å². The summed E-state index contributed by atoms with van der Waals surface area (Å²) in [7, 11) is 0. The van der Waals surface area contributed by atoms with Crippen molar-refractivity contribution >= 4 is 12.0 Å². The van der Waals surface area contributed by atoms with Crippen LogP contribution in [0.1, 0.15) is 5.56 Å². The molecular weight excluding hydrogens is 456 g/mol. The quantitative estimate of drug-likeness (QED) is 0.524. The van der Waals surface area contributed by atoms with Gasteiger partial charge in [-0.15, -0.1) is 10.2 Å². The molecule has 0 amide bonds. The van der Waals surface area contributed by atoms with Crippen molar-refractivity contribution in [3.63, 3.8) is 0 Å². The first-order valence-electron chi connectivity index (χ1n) is 13.8. The van der Waals surface area contributed by atoms with E-state index in [9.17, 15) is 0 Å². The Labute approximate surface area is 214 Å². The van der Waals surface area contributed by atoms with Gasteiger partial charge in [-0.25, -0.2) is 5.01 Å². The lowest BCUT2D eigenvalue weighted by Gasteiger charge is -2.59. The van der Waals surface area contributed by atoms with Crippen molar-refractivity contribution in [2.24, 2.45) is 4.99 Å². The molecule has 4 fully saturated rings. The predicted molar refractivity (Wildman–Crippen MR) is 139 cm³/mol. The number of ether oxygens (including phenoxy) is 1. The lowest BCUT2D eigenvalue weighted by molar-refractivity contribution is -0.297. The molecule has 0 spiro atoms. The van der Waals surface area contributed by atoms with Crippen molar-refractivity contribution in [2.75, 3.05) is 103 Å². The van der Waals surface area contributed by atoms with Gasteiger partial charge in [-0.2, -0.15) is 0 Å². The van der Waals surface area contributed by atoms with E-state index in [0.29, 0.717) is 6.04 Å². The van der Waals surface area contributed by atoms with E-state index in [1.165, 1.54) is 11.3 Å². The first-order valence-corrected chi connectivity index (χ1v) is 13.8. The molecule has 11 nitrogen and oxygen atoms in total. The molecule has 0 radical (unpaired) electrons. The lowest BCUT2D eigenvalue weighted by Crippen LogP contribution is -2.80. The first kappa shape index (κ1) is 23.3. The van der Waals surface area contributed by atoms with Crippen molar-refractivity contribution in [3.8, 4) is 0 Å². The van der Waals surface area contributed by atoms with E-state index < -0.39 is 0 Å². The number of fused-ring (bicyclic) bond motifs is 1. The van der Waals surface area contributed by atoms with Crippen molar-refractivity contribution in [3.05, 3.63) is 29.8 Å². The highest BCUT2D eigenvalue weighted by molar-refractivity contribution is 5.61. The summed E-state index contributed by atoms with van der Waals surface area (Å²) in [6.07, 6.45) is 3.15. The van der Waals surface area contributed by atoms with E-state index in [2.05, 4.69) is 81.2 Å². The molecule has 2 N–H and O–H groups in total. The summed E-state index contributed by atoms with van der Waals surface area (Å²) in [4.78, 5) is 12.9. The number of rotatable bonds is 5. The zero-order valence-corrected chi connectivity index (χ0v) is 21.3. The molecule has 1 aromatic carbocycles. The number of hydrogen-bond donors (Lipinski definition) is 2. The number of morpholine rings is 1. The molecule has 11 heteroatoms. The van der Waals surface area contributed by atoms with Gasteiger partial charge in [0.05, 0.1) is 45.6 Å². The zero-order valence-electron chi connectivity index (χ0n) is 21.3. The third-order valence-electron chi connectivity index (χ3n) is 8.73. The van der Waals surface area contributed by atoms with Crippen LogP contribution in [0.3, 0.4) is 0 Å². The van der Waals surface area contributed by atoms with Crippen LogP contribution in [0, 0.1) is 0 Å². The average molecular weight is 497 g/mol. The summed E-state index contributed by atoms with van der Waals surface area (Å²) in [5, 5.41) is 17.3. The Morgan fingerprint density at radius 2 is 1.75 bits per heavy atom. The molecule has 6 heterocycles. The van der Waals surface area contributed by atoms with Crippen LogP contribution in [-0.4, -0.2) is 147 Å². The Balaban J connectivity index is 1.42. The molecule has 0 aromatic heterocycles. The van der Waals surface area contributed by atoms with Crippen LogP contribution in [0.4, 0.5) is 5.69 Å². The molecule has 36 heavy (non-hydrogen) atoms. The number of para-hydroxylation sites is 1. The van der Waals surface area contributed by atoms with Gasteiger partial charge >= 0.3 is 0 Å². The average Bonchev–Trinajstić information content (AvgIpc) is 3.74. The van der Waals surface area contributed by atoms with Crippen molar-refractivity contribution in [2.45, 2.75) is 18.2 Å². The maximum absolute atomic E-state index is 5.93. The van der Waals surface area contributed by atoms with Gasteiger partial charge in [-0.1, -0.05) is 18.2 Å². The molecule has 0 bridgehead atoms. The SMILES string of the molecule is C1=NCCN1N1CC(N2CCNCC2)C(N2CCOCC2)(N2CCc3ccccc32)N1N1CCNC1. The second kappa shape index (κ2) is 9.80. The molecule has 196 valence electrons. The highest BCUT2D eigenvalue weighted by Gasteiger charge is 2.65. The van der Waals surface area contributed by atoms with Gasteiger partial charge in [0.15, 0.2) is 5.79 Å². The van der Waals surface area contributed by atoms with Crippen LogP contribution in [-0.2, 0) is 11.2 Å². The van der Waals surface area contributed by atoms with Crippen LogP contribution in [0.25, 0.3) is 0 Å². The van der Waals surface area contributed by atoms with E-state index in [0.717, 1.165) is 105 Å². The van der Waals surface area contributed by atoms with Gasteiger partial charge in [-0.05, 0) is 18.1 Å². The molecule has 6 aliphatic rings. The fourth-order valence-corrected chi connectivity index (χ4v) is 7.15. The molecular formula is C25H40N10O. The second-order valence-corrected chi connectivity index (χ2v) is 10.5. The second-order valence-electron chi connectivity index (χ2n) is 10.5. The number of hydrogen-bond acceptors (Lipinski definition) is 11. The van der Waals surface area contributed by atoms with Crippen molar-refractivity contribution in [1.29, 1.82) is 0 Å². The number of aliphatic imine (C=N–C) groups is 1. The molecule has 4 saturated heterocycles. The molecule has 0 saturated carbocycles. The Morgan fingerprint density at radius 1 is 0.917 bits per heavy atom. The number of piperazine rings is 1. The van der Waals surface area contributed by atoms with Crippen LogP contribution in [0.15, 0.2) is 29.3 Å². The number of benzene rings is 1. The third kappa shape index (κ3) is 3.68. The maximum atomic E-state index is 5.93. The van der Waals surface area contributed by atoms with Crippen LogP contribution in [0.5, 0.6) is 0 Å². The molecule has 1 aromatic rings. The Kier molecular flexibility index (Phi) is 6.35. The van der Waals surface area contributed by atoms with Gasteiger partial charge in [0.25, 0.3) is 0 Å². The van der Waals surface area contributed by atoms with E-state index >= 15 is 0 Å². The van der Waals surface area contributed by atoms with Crippen molar-refractivity contribution in [1.82, 2.24) is 40.7 Å². The summed E-state index contributed by atoms with van der Waals surface area (Å²) in [6.45, 7) is 14.3. The topological polar surface area (TPSA) is 68.3 Å². The molecule has 6 aliphatic heterocycles. The zero-order chi connectivity index (χ0) is 24.0. The normalized spacial score (nSPS) is 33.3. The van der Waals surface area contributed by atoms with Crippen molar-refractivity contribution < 1.29 is 4.74 Å². The van der Waals surface area contributed by atoms with Gasteiger partial charge in [0, 0.05) is 64.6 Å². The fourth-order valence-electron chi connectivity index (χ4n) is 7.15. The molecule has 0 aliphatic carbocycles. The molecule has 2 unspecified atom stereocenters. The minimum atomic E-state index is -0.351. The number of anilines is 1. The van der Waals surface area contributed by atoms with E-state index in [-0.39, 0.29) is 5.79 Å². The first-order chi connectivity index (χ1) is 17.9. The standard InChI is InChI=1S/C25H40N10O/c1-2-4-23-22(3-1)5-10-33(23)25(30-15-17-36-18-16-30)24(29-11-6-26-7-12-29)19-34(31-13-8-27-20-31)35(25)32-14-9-28-21-32/h1-4,20,24,26,28H,5-19,21H2. The summed E-state index contributed by atoms with van der Waals surface area (Å²) in [5.41, 5.74) is 2.85. The monoisotopic (exact) mass is 496 g/mol. The fraction of sp³-hybridized carbons (Fsp3) is 0.720. The Bertz CT molecular complexity index is 945. The smallest absolute Gasteiger partial charge is 0.197 e. The Hall–Kier alpha value is -1.83. The summed E-state index contributed by atoms with van der Waals surface area (Å²) in [5.74, 6) is -0.351. The number of hydrazine groups is 3. The van der Waals surface area contributed by atoms with E-state index in [1.807, 2.05) is 0 Å². The summed E-state index contributed by atoms with van der Waals surface area (Å²) in [6, 6.07) is 9.38. The third-order valence-corrected chi connectivity index (χ3v) is 8.73. The van der Waals surface area contributed by atoms with Gasteiger partial charge in [0.2, 0.25) is 0 Å². The number of nitrogens with zero attached hydrogens (tertiary/aromatic N) is 8. The highest BCUT2D eigenvalue weighted by Crippen LogP contribution is 2.46. The Morgan fingerprint density at radius 3 is 2.53 bits per heavy atom. The van der Waals surface area contributed by atoms with E-state index in [4.69, 9.17) is 4.74 Å². The minimum Gasteiger partial charge on any atom is -0.379 e. The van der Waals surface area contributed by atoms with Crippen LogP contribution >= 0.6 is 0 Å². The molecule has 2 atom stereocenters. The maximum Gasteiger partial charge on any atom is 0.197 e. The van der Waals surface area contributed by atoms with E-state index in [1.54, 1.807) is 0 Å². The van der Waals surface area contributed by atoms with Crippen LogP contribution < -0.4 is 15.5 Å². The van der Waals surface area contributed by atoms with Gasteiger partial charge < -0.3 is 20.3 Å². The predicted octanol–water partition coefficient (Wildman–Crippen LogP) is -1.12. The summed E-state index contributed by atoms with van der Waals surface area (Å²) >= 11 is 0. The largest absolute Gasteiger partial charge is 0.379 e. The molecule has 7 rings (SSSR count). The lowest BCUT2D eigenvalue weighted by atomic mass is 10.0. The minimum absolute atomic E-state index is 0.304. The van der Waals surface area contributed by atoms with Crippen LogP contribution in [0.2, 0.25) is 0 Å². The highest BCUT2D eigenvalue weighted by atomic mass is 16.5. The number of nitrogens with one attached hydrogen (secondary N) is 2. The summed E-state index contributed by atoms with van der Waals surface area (Å²) < 4.78 is 5.93.